The lowest BCUT2D eigenvalue weighted by atomic mass is 10.1. The minimum Gasteiger partial charge on any atom is -0.476 e. The SMILES string of the molecule is NN/C(C(=O)O)=C(\N)SC1CCN(c2cc(Cl)ccc2Cl)CC1. The monoisotopic (exact) mass is 376 g/mol. The first-order chi connectivity index (χ1) is 10.9. The zero-order chi connectivity index (χ0) is 17.0. The molecule has 1 aromatic carbocycles. The van der Waals surface area contributed by atoms with Crippen LogP contribution in [-0.4, -0.2) is 29.4 Å². The normalized spacial score (nSPS) is 16.9. The van der Waals surface area contributed by atoms with Crippen LogP contribution < -0.4 is 21.9 Å². The summed E-state index contributed by atoms with van der Waals surface area (Å²) in [6.07, 6.45) is 1.71. The Kier molecular flexibility index (Phi) is 6.29. The lowest BCUT2D eigenvalue weighted by molar-refractivity contribution is -0.133. The number of anilines is 1. The summed E-state index contributed by atoms with van der Waals surface area (Å²) in [6.45, 7) is 1.59. The van der Waals surface area contributed by atoms with Gasteiger partial charge >= 0.3 is 5.97 Å². The van der Waals surface area contributed by atoms with E-state index in [0.29, 0.717) is 10.0 Å². The van der Waals surface area contributed by atoms with Gasteiger partial charge in [0.2, 0.25) is 0 Å². The number of nitrogens with two attached hydrogens (primary N) is 2. The van der Waals surface area contributed by atoms with Crippen molar-refractivity contribution in [3.63, 3.8) is 0 Å². The van der Waals surface area contributed by atoms with Gasteiger partial charge in [-0.2, -0.15) is 0 Å². The summed E-state index contributed by atoms with van der Waals surface area (Å²) in [5, 5.41) is 10.7. The van der Waals surface area contributed by atoms with Crippen molar-refractivity contribution in [2.24, 2.45) is 11.6 Å². The molecule has 0 bridgehead atoms. The van der Waals surface area contributed by atoms with Crippen LogP contribution >= 0.6 is 35.0 Å². The molecule has 2 rings (SSSR count). The second kappa shape index (κ2) is 8.01. The van der Waals surface area contributed by atoms with E-state index < -0.39 is 5.97 Å². The lowest BCUT2D eigenvalue weighted by Gasteiger charge is -2.34. The Morgan fingerprint density at radius 1 is 1.35 bits per heavy atom. The lowest BCUT2D eigenvalue weighted by Crippen LogP contribution is -2.36. The third-order valence-corrected chi connectivity index (χ3v) is 5.41. The van der Waals surface area contributed by atoms with Gasteiger partial charge in [0.15, 0.2) is 5.70 Å². The zero-order valence-corrected chi connectivity index (χ0v) is 14.6. The van der Waals surface area contributed by atoms with Gasteiger partial charge in [-0.25, -0.2) is 4.79 Å². The molecule has 0 radical (unpaired) electrons. The Balaban J connectivity index is 1.99. The molecule has 1 aliphatic heterocycles. The van der Waals surface area contributed by atoms with Gasteiger partial charge in [0.05, 0.1) is 15.7 Å². The fraction of sp³-hybridized carbons (Fsp3) is 0.357. The third kappa shape index (κ3) is 4.60. The first kappa shape index (κ1) is 18.1. The Hall–Kier alpha value is -1.28. The summed E-state index contributed by atoms with van der Waals surface area (Å²) >= 11 is 13.6. The number of nitrogens with one attached hydrogen (secondary N) is 1. The van der Waals surface area contributed by atoms with E-state index >= 15 is 0 Å². The quantitative estimate of drug-likeness (QED) is 0.355. The molecule has 0 spiro atoms. The fourth-order valence-corrected chi connectivity index (χ4v) is 3.89. The number of carbonyl (C=O) groups is 1. The number of rotatable bonds is 5. The summed E-state index contributed by atoms with van der Waals surface area (Å²) in [7, 11) is 0. The largest absolute Gasteiger partial charge is 0.476 e. The summed E-state index contributed by atoms with van der Waals surface area (Å²) < 4.78 is 0. The van der Waals surface area contributed by atoms with E-state index in [1.54, 1.807) is 12.1 Å². The molecular weight excluding hydrogens is 359 g/mol. The second-order valence-electron chi connectivity index (χ2n) is 5.09. The van der Waals surface area contributed by atoms with E-state index in [2.05, 4.69) is 10.3 Å². The van der Waals surface area contributed by atoms with Gasteiger partial charge in [0, 0.05) is 23.4 Å². The third-order valence-electron chi connectivity index (χ3n) is 3.59. The zero-order valence-electron chi connectivity index (χ0n) is 12.3. The molecule has 0 aromatic heterocycles. The number of halogens is 2. The van der Waals surface area contributed by atoms with Gasteiger partial charge in [0.1, 0.15) is 0 Å². The first-order valence-electron chi connectivity index (χ1n) is 6.98. The Morgan fingerprint density at radius 3 is 2.57 bits per heavy atom. The summed E-state index contributed by atoms with van der Waals surface area (Å²) in [6, 6.07) is 5.40. The van der Waals surface area contributed by atoms with Crippen molar-refractivity contribution in [3.05, 3.63) is 39.0 Å². The van der Waals surface area contributed by atoms with E-state index in [1.165, 1.54) is 11.8 Å². The van der Waals surface area contributed by atoms with E-state index in [1.807, 2.05) is 6.07 Å². The van der Waals surface area contributed by atoms with Crippen LogP contribution in [0.2, 0.25) is 10.0 Å². The van der Waals surface area contributed by atoms with Gasteiger partial charge in [-0.05, 0) is 31.0 Å². The number of aliphatic carboxylic acids is 1. The van der Waals surface area contributed by atoms with Crippen LogP contribution in [0.25, 0.3) is 0 Å². The predicted octanol–water partition coefficient (Wildman–Crippen LogP) is 2.37. The standard InChI is InChI=1S/C14H18Cl2N4O2S/c15-8-1-2-10(16)11(7-8)20-5-3-9(4-6-20)23-13(17)12(19-18)14(21)22/h1-2,7,9,19H,3-6,17-18H2,(H,21,22)/b13-12+. The highest BCUT2D eigenvalue weighted by Gasteiger charge is 2.23. The predicted molar refractivity (Wildman–Crippen MR) is 95.5 cm³/mol. The number of piperidine rings is 1. The molecule has 6 N–H and O–H groups in total. The molecular formula is C14H18Cl2N4O2S. The molecule has 1 aliphatic rings. The first-order valence-corrected chi connectivity index (χ1v) is 8.62. The van der Waals surface area contributed by atoms with Crippen LogP contribution in [0.15, 0.2) is 28.9 Å². The van der Waals surface area contributed by atoms with Crippen LogP contribution in [0.4, 0.5) is 5.69 Å². The van der Waals surface area contributed by atoms with Crippen LogP contribution in [-0.2, 0) is 4.79 Å². The topological polar surface area (TPSA) is 105 Å². The van der Waals surface area contributed by atoms with Gasteiger partial charge in [-0.15, -0.1) is 11.8 Å². The molecule has 0 saturated carbocycles. The average molecular weight is 377 g/mol. The molecule has 6 nitrogen and oxygen atoms in total. The molecule has 1 fully saturated rings. The van der Waals surface area contributed by atoms with Crippen LogP contribution in [0.1, 0.15) is 12.8 Å². The van der Waals surface area contributed by atoms with Gasteiger partial charge in [-0.1, -0.05) is 23.2 Å². The average Bonchev–Trinajstić information content (AvgIpc) is 2.51. The molecule has 1 saturated heterocycles. The molecule has 0 amide bonds. The molecule has 0 unspecified atom stereocenters. The summed E-state index contributed by atoms with van der Waals surface area (Å²) in [5.41, 5.74) is 8.69. The number of carboxylic acids is 1. The number of carboxylic acid groups (broad SMARTS) is 1. The summed E-state index contributed by atoms with van der Waals surface area (Å²) in [5.74, 6) is 4.03. The molecule has 1 heterocycles. The maximum Gasteiger partial charge on any atom is 0.356 e. The number of hydrazine groups is 1. The van der Waals surface area contributed by atoms with E-state index in [-0.39, 0.29) is 16.0 Å². The minimum absolute atomic E-state index is 0.171. The summed E-state index contributed by atoms with van der Waals surface area (Å²) in [4.78, 5) is 13.2. The second-order valence-corrected chi connectivity index (χ2v) is 7.27. The van der Waals surface area contributed by atoms with Gasteiger partial charge in [0.25, 0.3) is 0 Å². The Bertz CT molecular complexity index is 619. The molecule has 1 aromatic rings. The van der Waals surface area contributed by atoms with Crippen LogP contribution in [0.5, 0.6) is 0 Å². The maximum atomic E-state index is 11.0. The van der Waals surface area contributed by atoms with Crippen molar-refractivity contribution in [3.8, 4) is 0 Å². The highest BCUT2D eigenvalue weighted by atomic mass is 35.5. The molecule has 23 heavy (non-hydrogen) atoms. The van der Waals surface area contributed by atoms with Gasteiger partial charge < -0.3 is 21.2 Å². The number of hydrogen-bond donors (Lipinski definition) is 4. The van der Waals surface area contributed by atoms with Crippen molar-refractivity contribution >= 4 is 46.6 Å². The Morgan fingerprint density at radius 2 is 2.00 bits per heavy atom. The smallest absolute Gasteiger partial charge is 0.356 e. The van der Waals surface area contributed by atoms with Crippen molar-refractivity contribution in [2.75, 3.05) is 18.0 Å². The van der Waals surface area contributed by atoms with Crippen molar-refractivity contribution in [2.45, 2.75) is 18.1 Å². The van der Waals surface area contributed by atoms with Gasteiger partial charge in [-0.3, -0.25) is 5.84 Å². The van der Waals surface area contributed by atoms with Crippen LogP contribution in [0, 0.1) is 0 Å². The van der Waals surface area contributed by atoms with Crippen molar-refractivity contribution in [1.82, 2.24) is 5.43 Å². The minimum atomic E-state index is -1.17. The number of thioether (sulfide) groups is 1. The van der Waals surface area contributed by atoms with E-state index in [0.717, 1.165) is 31.6 Å². The maximum absolute atomic E-state index is 11.0. The fourth-order valence-electron chi connectivity index (χ4n) is 2.42. The Labute approximate surface area is 148 Å². The van der Waals surface area contributed by atoms with E-state index in [4.69, 9.17) is 39.9 Å². The number of benzene rings is 1. The van der Waals surface area contributed by atoms with Crippen molar-refractivity contribution in [1.29, 1.82) is 0 Å². The molecule has 9 heteroatoms. The highest BCUT2D eigenvalue weighted by Crippen LogP contribution is 2.34. The molecule has 0 aliphatic carbocycles. The van der Waals surface area contributed by atoms with Crippen LogP contribution in [0.3, 0.4) is 0 Å². The van der Waals surface area contributed by atoms with E-state index in [9.17, 15) is 4.79 Å². The highest BCUT2D eigenvalue weighted by molar-refractivity contribution is 8.03. The number of hydrogen-bond acceptors (Lipinski definition) is 6. The molecule has 0 atom stereocenters. The number of nitrogens with zero attached hydrogens (tertiary/aromatic N) is 1. The van der Waals surface area contributed by atoms with Crippen molar-refractivity contribution < 1.29 is 9.90 Å². The molecule has 126 valence electrons.